The Balaban J connectivity index is 1.90. The summed E-state index contributed by atoms with van der Waals surface area (Å²) < 4.78 is 28.5. The van der Waals surface area contributed by atoms with Crippen molar-refractivity contribution in [2.24, 2.45) is 10.4 Å². The number of hydrogen-bond donors (Lipinski definition) is 2. The number of morpholine rings is 1. The van der Waals surface area contributed by atoms with E-state index in [1.165, 1.54) is 38.4 Å². The number of ether oxygens (including phenoxy) is 1. The molecule has 1 aliphatic carbocycles. The number of nitrogens with zero attached hydrogens (tertiary/aromatic N) is 2. The average Bonchev–Trinajstić information content (AvgIpc) is 2.67. The Morgan fingerprint density at radius 2 is 1.79 bits per heavy atom. The number of rotatable bonds is 8. The predicted molar refractivity (Wildman–Crippen MR) is 116 cm³/mol. The van der Waals surface area contributed by atoms with Gasteiger partial charge < -0.3 is 15.4 Å². The van der Waals surface area contributed by atoms with Crippen molar-refractivity contribution >= 4 is 15.8 Å². The second-order valence-corrected chi connectivity index (χ2v) is 11.5. The van der Waals surface area contributed by atoms with E-state index in [1.807, 2.05) is 0 Å². The lowest BCUT2D eigenvalue weighted by Crippen LogP contribution is -2.60. The van der Waals surface area contributed by atoms with Crippen LogP contribution in [0.5, 0.6) is 0 Å². The van der Waals surface area contributed by atoms with Gasteiger partial charge in [-0.25, -0.2) is 8.42 Å². The summed E-state index contributed by atoms with van der Waals surface area (Å²) in [6.07, 6.45) is 8.26. The van der Waals surface area contributed by atoms with Crippen LogP contribution in [0.15, 0.2) is 4.99 Å². The molecule has 1 heterocycles. The van der Waals surface area contributed by atoms with Gasteiger partial charge >= 0.3 is 0 Å². The third-order valence-electron chi connectivity index (χ3n) is 6.16. The fourth-order valence-electron chi connectivity index (χ4n) is 4.19. The third-order valence-corrected chi connectivity index (χ3v) is 7.10. The summed E-state index contributed by atoms with van der Waals surface area (Å²) in [6, 6.07) is 0. The second-order valence-electron chi connectivity index (χ2n) is 9.21. The molecule has 0 aromatic carbocycles. The van der Waals surface area contributed by atoms with Crippen LogP contribution in [0, 0.1) is 5.41 Å². The first kappa shape index (κ1) is 23.4. The molecule has 1 saturated carbocycles. The summed E-state index contributed by atoms with van der Waals surface area (Å²) in [7, 11) is -1.14. The fourth-order valence-corrected chi connectivity index (χ4v) is 5.12. The lowest BCUT2D eigenvalue weighted by molar-refractivity contribution is -0.0352. The van der Waals surface area contributed by atoms with Crippen LogP contribution in [0.3, 0.4) is 0 Å². The quantitative estimate of drug-likeness (QED) is 0.462. The Bertz CT molecular complexity index is 607. The number of hydrogen-bond acceptors (Lipinski definition) is 5. The van der Waals surface area contributed by atoms with Crippen molar-refractivity contribution in [1.29, 1.82) is 0 Å². The highest BCUT2D eigenvalue weighted by molar-refractivity contribution is 7.90. The smallest absolute Gasteiger partial charge is 0.191 e. The zero-order valence-corrected chi connectivity index (χ0v) is 19.0. The van der Waals surface area contributed by atoms with Crippen LogP contribution in [0.1, 0.15) is 52.4 Å². The Kier molecular flexibility index (Phi) is 8.58. The molecular weight excluding hydrogens is 376 g/mol. The van der Waals surface area contributed by atoms with Gasteiger partial charge in [0, 0.05) is 45.0 Å². The van der Waals surface area contributed by atoms with E-state index in [0.717, 1.165) is 38.8 Å². The monoisotopic (exact) mass is 416 g/mol. The van der Waals surface area contributed by atoms with Crippen LogP contribution < -0.4 is 10.6 Å². The fraction of sp³-hybridized carbons (Fsp3) is 0.950. The van der Waals surface area contributed by atoms with Crippen LogP contribution in [0.4, 0.5) is 0 Å². The van der Waals surface area contributed by atoms with Gasteiger partial charge in [0.25, 0.3) is 0 Å². The van der Waals surface area contributed by atoms with Crippen molar-refractivity contribution in [3.8, 4) is 0 Å². The summed E-state index contributed by atoms with van der Waals surface area (Å²) >= 11 is 0. The van der Waals surface area contributed by atoms with E-state index >= 15 is 0 Å². The van der Waals surface area contributed by atoms with Gasteiger partial charge in [0.15, 0.2) is 5.96 Å². The molecule has 2 aliphatic rings. The van der Waals surface area contributed by atoms with Crippen molar-refractivity contribution in [3.63, 3.8) is 0 Å². The van der Waals surface area contributed by atoms with Gasteiger partial charge in [-0.15, -0.1) is 0 Å². The Morgan fingerprint density at radius 3 is 2.36 bits per heavy atom. The van der Waals surface area contributed by atoms with Crippen LogP contribution in [0.25, 0.3) is 0 Å². The minimum atomic E-state index is -2.94. The molecule has 2 N–H and O–H groups in total. The molecule has 28 heavy (non-hydrogen) atoms. The second kappa shape index (κ2) is 10.3. The molecule has 8 heteroatoms. The van der Waals surface area contributed by atoms with Gasteiger partial charge in [0.2, 0.25) is 0 Å². The van der Waals surface area contributed by atoms with Crippen molar-refractivity contribution in [2.75, 3.05) is 58.4 Å². The molecule has 0 atom stereocenters. The molecule has 0 spiro atoms. The van der Waals surface area contributed by atoms with E-state index in [4.69, 9.17) is 4.74 Å². The van der Waals surface area contributed by atoms with Gasteiger partial charge in [-0.3, -0.25) is 9.89 Å². The van der Waals surface area contributed by atoms with E-state index in [9.17, 15) is 8.42 Å². The molecule has 0 radical (unpaired) electrons. The Hall–Kier alpha value is -0.860. The van der Waals surface area contributed by atoms with Crippen LogP contribution in [-0.2, 0) is 14.6 Å². The minimum Gasteiger partial charge on any atom is -0.379 e. The first-order valence-corrected chi connectivity index (χ1v) is 12.7. The number of guanidine groups is 1. The summed E-state index contributed by atoms with van der Waals surface area (Å²) in [5.74, 6) is 1.01. The largest absolute Gasteiger partial charge is 0.379 e. The summed E-state index contributed by atoms with van der Waals surface area (Å²) in [4.78, 5) is 7.01. The van der Waals surface area contributed by atoms with E-state index < -0.39 is 9.84 Å². The highest BCUT2D eigenvalue weighted by Gasteiger charge is 2.38. The molecule has 0 bridgehead atoms. The Morgan fingerprint density at radius 1 is 1.14 bits per heavy atom. The van der Waals surface area contributed by atoms with Crippen molar-refractivity contribution in [1.82, 2.24) is 15.5 Å². The van der Waals surface area contributed by atoms with Gasteiger partial charge in [-0.05, 0) is 24.7 Å². The number of nitrogens with one attached hydrogen (secondary N) is 2. The third kappa shape index (κ3) is 7.52. The molecular formula is C20H40N4O3S. The number of aliphatic imine (C=N–C) groups is 1. The molecule has 164 valence electrons. The molecule has 2 fully saturated rings. The molecule has 0 unspecified atom stereocenters. The van der Waals surface area contributed by atoms with Crippen molar-refractivity contribution < 1.29 is 13.2 Å². The molecule has 1 saturated heterocycles. The molecule has 0 amide bonds. The topological polar surface area (TPSA) is 83.0 Å². The molecule has 2 rings (SSSR count). The molecule has 7 nitrogen and oxygen atoms in total. The Labute approximate surface area is 171 Å². The van der Waals surface area contributed by atoms with Gasteiger partial charge in [0.1, 0.15) is 9.84 Å². The van der Waals surface area contributed by atoms with Crippen LogP contribution in [-0.4, -0.2) is 83.3 Å². The van der Waals surface area contributed by atoms with E-state index in [1.54, 1.807) is 7.05 Å². The SMILES string of the molecule is CN=C(NCC(C)(C)CCS(C)(=O)=O)NCC1(N2CCOCC2)CCCCC1. The standard InChI is InChI=1S/C20H40N4O3S/c1-19(2,10-15-28(4,25)26)16-22-18(21-3)23-17-20(8-6-5-7-9-20)24-11-13-27-14-12-24/h5-17H2,1-4H3,(H2,21,22,23). The van der Waals surface area contributed by atoms with Crippen LogP contribution in [0.2, 0.25) is 0 Å². The minimum absolute atomic E-state index is 0.118. The van der Waals surface area contributed by atoms with Crippen LogP contribution >= 0.6 is 0 Å². The average molecular weight is 417 g/mol. The number of sulfone groups is 1. The normalized spacial score (nSPS) is 22.1. The van der Waals surface area contributed by atoms with Crippen molar-refractivity contribution in [3.05, 3.63) is 0 Å². The first-order chi connectivity index (χ1) is 13.2. The summed E-state index contributed by atoms with van der Waals surface area (Å²) in [5.41, 5.74) is 0.0683. The highest BCUT2D eigenvalue weighted by atomic mass is 32.2. The zero-order chi connectivity index (χ0) is 20.7. The molecule has 1 aliphatic heterocycles. The molecule has 0 aromatic heterocycles. The zero-order valence-electron chi connectivity index (χ0n) is 18.2. The molecule has 0 aromatic rings. The van der Waals surface area contributed by atoms with Crippen molar-refractivity contribution in [2.45, 2.75) is 57.9 Å². The van der Waals surface area contributed by atoms with E-state index in [0.29, 0.717) is 13.0 Å². The highest BCUT2D eigenvalue weighted by Crippen LogP contribution is 2.33. The first-order valence-electron chi connectivity index (χ1n) is 10.6. The van der Waals surface area contributed by atoms with Gasteiger partial charge in [0.05, 0.1) is 19.0 Å². The lowest BCUT2D eigenvalue weighted by Gasteiger charge is -2.48. The summed E-state index contributed by atoms with van der Waals surface area (Å²) in [6.45, 7) is 9.41. The van der Waals surface area contributed by atoms with E-state index in [2.05, 4.69) is 34.4 Å². The predicted octanol–water partition coefficient (Wildman–Crippen LogP) is 1.65. The van der Waals surface area contributed by atoms with Gasteiger partial charge in [-0.1, -0.05) is 33.1 Å². The van der Waals surface area contributed by atoms with E-state index in [-0.39, 0.29) is 16.7 Å². The maximum atomic E-state index is 11.5. The maximum absolute atomic E-state index is 11.5. The summed E-state index contributed by atoms with van der Waals surface area (Å²) in [5, 5.41) is 6.97. The maximum Gasteiger partial charge on any atom is 0.191 e. The van der Waals surface area contributed by atoms with Gasteiger partial charge in [-0.2, -0.15) is 0 Å². The lowest BCUT2D eigenvalue weighted by atomic mass is 9.80.